The molecule has 0 saturated heterocycles. The number of esters is 1. The van der Waals surface area contributed by atoms with Crippen molar-refractivity contribution < 1.29 is 9.53 Å². The molecule has 0 amide bonds. The van der Waals surface area contributed by atoms with Gasteiger partial charge in [0.2, 0.25) is 0 Å². The highest BCUT2D eigenvalue weighted by Crippen LogP contribution is 2.48. The lowest BCUT2D eigenvalue weighted by molar-refractivity contribution is -0.190. The molecule has 3 atom stereocenters. The standard InChI is InChI=1S/C22H40O2/c1-10-18-14-17(5)12-13-22(18,11-2)24-19(23)21(9,15-16(3)4)20(6,7)8/h16,18H,5,10-15H2,1-4,6-9H3. The molecular weight excluding hydrogens is 296 g/mol. The number of hydrogen-bond donors (Lipinski definition) is 0. The van der Waals surface area contributed by atoms with Crippen LogP contribution in [0.15, 0.2) is 12.2 Å². The van der Waals surface area contributed by atoms with Crippen molar-refractivity contribution in [3.8, 4) is 0 Å². The fraction of sp³-hybridized carbons (Fsp3) is 0.864. The van der Waals surface area contributed by atoms with Crippen molar-refractivity contribution in [2.24, 2.45) is 22.7 Å². The number of hydrogen-bond acceptors (Lipinski definition) is 2. The van der Waals surface area contributed by atoms with Gasteiger partial charge < -0.3 is 4.74 Å². The molecule has 1 aliphatic rings. The van der Waals surface area contributed by atoms with Gasteiger partial charge in [0.05, 0.1) is 5.41 Å². The molecule has 0 heterocycles. The topological polar surface area (TPSA) is 26.3 Å². The van der Waals surface area contributed by atoms with Crippen LogP contribution in [0.2, 0.25) is 0 Å². The third kappa shape index (κ3) is 4.24. The molecule has 0 radical (unpaired) electrons. The van der Waals surface area contributed by atoms with Gasteiger partial charge >= 0.3 is 5.97 Å². The van der Waals surface area contributed by atoms with E-state index in [0.29, 0.717) is 11.8 Å². The molecule has 1 aliphatic carbocycles. The summed E-state index contributed by atoms with van der Waals surface area (Å²) < 4.78 is 6.39. The number of ether oxygens (including phenoxy) is 1. The second-order valence-corrected chi connectivity index (χ2v) is 9.55. The monoisotopic (exact) mass is 336 g/mol. The molecule has 0 N–H and O–H groups in total. The van der Waals surface area contributed by atoms with Gasteiger partial charge in [-0.3, -0.25) is 4.79 Å². The molecule has 0 aliphatic heterocycles. The largest absolute Gasteiger partial charge is 0.458 e. The SMILES string of the molecule is C=C1CCC(CC)(OC(=O)C(C)(CC(C)C)C(C)(C)C)C(CC)C1. The van der Waals surface area contributed by atoms with Gasteiger partial charge in [-0.1, -0.05) is 60.6 Å². The van der Waals surface area contributed by atoms with Gasteiger partial charge in [0.15, 0.2) is 0 Å². The predicted octanol–water partition coefficient (Wildman–Crippen LogP) is 6.54. The van der Waals surface area contributed by atoms with Crippen LogP contribution < -0.4 is 0 Å². The minimum atomic E-state index is -0.462. The molecule has 24 heavy (non-hydrogen) atoms. The second kappa shape index (κ2) is 7.62. The van der Waals surface area contributed by atoms with Gasteiger partial charge in [-0.05, 0) is 56.8 Å². The number of carbonyl (C=O) groups excluding carboxylic acids is 1. The lowest BCUT2D eigenvalue weighted by Crippen LogP contribution is -2.51. The Morgan fingerprint density at radius 3 is 2.29 bits per heavy atom. The summed E-state index contributed by atoms with van der Waals surface area (Å²) in [6.07, 6.45) is 5.69. The summed E-state index contributed by atoms with van der Waals surface area (Å²) in [6.45, 7) is 21.5. The van der Waals surface area contributed by atoms with E-state index in [0.717, 1.165) is 38.5 Å². The van der Waals surface area contributed by atoms with Crippen molar-refractivity contribution in [2.45, 2.75) is 99.5 Å². The molecule has 1 rings (SSSR count). The van der Waals surface area contributed by atoms with Crippen LogP contribution in [0.1, 0.15) is 93.9 Å². The maximum Gasteiger partial charge on any atom is 0.312 e. The molecule has 0 spiro atoms. The molecular formula is C22H40O2. The van der Waals surface area contributed by atoms with Crippen molar-refractivity contribution in [1.82, 2.24) is 0 Å². The van der Waals surface area contributed by atoms with Crippen LogP contribution in [0.25, 0.3) is 0 Å². The quantitative estimate of drug-likeness (QED) is 0.406. The summed E-state index contributed by atoms with van der Waals surface area (Å²) in [5.74, 6) is 0.861. The minimum Gasteiger partial charge on any atom is -0.458 e. The van der Waals surface area contributed by atoms with E-state index >= 15 is 0 Å². The van der Waals surface area contributed by atoms with E-state index in [-0.39, 0.29) is 17.0 Å². The summed E-state index contributed by atoms with van der Waals surface area (Å²) in [5, 5.41) is 0. The van der Waals surface area contributed by atoms with E-state index < -0.39 is 5.41 Å². The fourth-order valence-electron chi connectivity index (χ4n) is 4.23. The van der Waals surface area contributed by atoms with Crippen molar-refractivity contribution in [3.63, 3.8) is 0 Å². The van der Waals surface area contributed by atoms with Crippen LogP contribution >= 0.6 is 0 Å². The van der Waals surface area contributed by atoms with E-state index in [1.807, 2.05) is 0 Å². The van der Waals surface area contributed by atoms with Crippen molar-refractivity contribution in [1.29, 1.82) is 0 Å². The highest BCUT2D eigenvalue weighted by Gasteiger charge is 2.50. The van der Waals surface area contributed by atoms with E-state index in [1.165, 1.54) is 5.57 Å². The summed E-state index contributed by atoms with van der Waals surface area (Å²) in [5.41, 5.74) is 0.415. The molecule has 1 saturated carbocycles. The Bertz CT molecular complexity index is 457. The first-order valence-electron chi connectivity index (χ1n) is 9.82. The molecule has 140 valence electrons. The molecule has 2 heteroatoms. The summed E-state index contributed by atoms with van der Waals surface area (Å²) in [6, 6.07) is 0. The minimum absolute atomic E-state index is 0.00323. The lowest BCUT2D eigenvalue weighted by Gasteiger charge is -2.48. The van der Waals surface area contributed by atoms with E-state index in [9.17, 15) is 4.79 Å². The smallest absolute Gasteiger partial charge is 0.312 e. The molecule has 0 aromatic carbocycles. The molecule has 0 aromatic rings. The number of allylic oxidation sites excluding steroid dienone is 1. The molecule has 0 bridgehead atoms. The van der Waals surface area contributed by atoms with Crippen LogP contribution in [0.3, 0.4) is 0 Å². The highest BCUT2D eigenvalue weighted by molar-refractivity contribution is 5.78. The van der Waals surface area contributed by atoms with Gasteiger partial charge in [0.1, 0.15) is 5.60 Å². The molecule has 2 nitrogen and oxygen atoms in total. The zero-order valence-corrected chi connectivity index (χ0v) is 17.4. The average molecular weight is 337 g/mol. The van der Waals surface area contributed by atoms with Crippen LogP contribution in [-0.2, 0) is 9.53 Å². The summed E-state index contributed by atoms with van der Waals surface area (Å²) in [7, 11) is 0. The molecule has 3 unspecified atom stereocenters. The first-order valence-corrected chi connectivity index (χ1v) is 9.82. The maximum atomic E-state index is 13.4. The Labute approximate surface area is 150 Å². The third-order valence-corrected chi connectivity index (χ3v) is 6.49. The second-order valence-electron chi connectivity index (χ2n) is 9.55. The predicted molar refractivity (Wildman–Crippen MR) is 103 cm³/mol. The normalized spacial score (nSPS) is 27.9. The van der Waals surface area contributed by atoms with Gasteiger partial charge in [-0.15, -0.1) is 0 Å². The first kappa shape index (κ1) is 21.3. The maximum absolute atomic E-state index is 13.4. The van der Waals surface area contributed by atoms with Gasteiger partial charge in [0, 0.05) is 5.92 Å². The average Bonchev–Trinajstić information content (AvgIpc) is 2.47. The van der Waals surface area contributed by atoms with Crippen LogP contribution in [0, 0.1) is 22.7 Å². The Hall–Kier alpha value is -0.790. The Balaban J connectivity index is 3.13. The van der Waals surface area contributed by atoms with Crippen molar-refractivity contribution >= 4 is 5.97 Å². The summed E-state index contributed by atoms with van der Waals surface area (Å²) >= 11 is 0. The zero-order valence-electron chi connectivity index (χ0n) is 17.4. The van der Waals surface area contributed by atoms with Gasteiger partial charge in [-0.25, -0.2) is 0 Å². The van der Waals surface area contributed by atoms with Crippen LogP contribution in [0.4, 0.5) is 0 Å². The van der Waals surface area contributed by atoms with Crippen LogP contribution in [-0.4, -0.2) is 11.6 Å². The zero-order chi connectivity index (χ0) is 18.8. The molecule has 0 aromatic heterocycles. The van der Waals surface area contributed by atoms with Crippen molar-refractivity contribution in [2.75, 3.05) is 0 Å². The van der Waals surface area contributed by atoms with Gasteiger partial charge in [0.25, 0.3) is 0 Å². The Morgan fingerprint density at radius 1 is 1.29 bits per heavy atom. The number of rotatable bonds is 6. The third-order valence-electron chi connectivity index (χ3n) is 6.49. The van der Waals surface area contributed by atoms with E-state index in [4.69, 9.17) is 4.74 Å². The van der Waals surface area contributed by atoms with E-state index in [2.05, 4.69) is 62.0 Å². The first-order chi connectivity index (χ1) is 10.9. The van der Waals surface area contributed by atoms with Crippen LogP contribution in [0.5, 0.6) is 0 Å². The Morgan fingerprint density at radius 2 is 1.88 bits per heavy atom. The summed E-state index contributed by atoms with van der Waals surface area (Å²) in [4.78, 5) is 13.4. The lowest BCUT2D eigenvalue weighted by atomic mass is 9.63. The van der Waals surface area contributed by atoms with Crippen molar-refractivity contribution in [3.05, 3.63) is 12.2 Å². The van der Waals surface area contributed by atoms with E-state index in [1.54, 1.807) is 0 Å². The Kier molecular flexibility index (Phi) is 6.75. The number of carbonyl (C=O) groups is 1. The van der Waals surface area contributed by atoms with Gasteiger partial charge in [-0.2, -0.15) is 0 Å². The fourth-order valence-corrected chi connectivity index (χ4v) is 4.23. The highest BCUT2D eigenvalue weighted by atomic mass is 16.6. The molecule has 1 fully saturated rings.